The number of hydrogen-bond donors (Lipinski definition) is 1. The Morgan fingerprint density at radius 2 is 2.00 bits per heavy atom. The number of halogens is 2. The van der Waals surface area contributed by atoms with Crippen LogP contribution in [-0.4, -0.2) is 35.1 Å². The van der Waals surface area contributed by atoms with E-state index in [-0.39, 0.29) is 18.6 Å². The highest BCUT2D eigenvalue weighted by atomic mass is 35.5. The molecule has 1 amide bonds. The molecule has 0 saturated carbocycles. The molecule has 0 aliphatic carbocycles. The predicted octanol–water partition coefficient (Wildman–Crippen LogP) is 3.77. The van der Waals surface area contributed by atoms with Crippen molar-refractivity contribution < 1.29 is 9.90 Å². The maximum Gasteiger partial charge on any atom is 0.246 e. The second-order valence-corrected chi connectivity index (χ2v) is 6.00. The number of likely N-dealkylation sites (tertiary alicyclic amines) is 1. The number of aliphatic hydroxyl groups is 1. The lowest BCUT2D eigenvalue weighted by Crippen LogP contribution is -2.41. The van der Waals surface area contributed by atoms with Crippen LogP contribution in [0.4, 0.5) is 0 Å². The Morgan fingerprint density at radius 3 is 2.67 bits per heavy atom. The van der Waals surface area contributed by atoms with Gasteiger partial charge in [-0.2, -0.15) is 0 Å². The zero-order chi connectivity index (χ0) is 15.2. The molecular weight excluding hydrogens is 309 g/mol. The summed E-state index contributed by atoms with van der Waals surface area (Å²) < 4.78 is 0. The van der Waals surface area contributed by atoms with Gasteiger partial charge >= 0.3 is 0 Å². The molecule has 1 heterocycles. The molecule has 1 aromatic carbocycles. The molecule has 1 unspecified atom stereocenters. The van der Waals surface area contributed by atoms with Gasteiger partial charge in [-0.05, 0) is 31.1 Å². The molecule has 114 valence electrons. The first-order valence-corrected chi connectivity index (χ1v) is 7.92. The van der Waals surface area contributed by atoms with Gasteiger partial charge in [0.2, 0.25) is 5.91 Å². The summed E-state index contributed by atoms with van der Waals surface area (Å²) >= 11 is 12.2. The lowest BCUT2D eigenvalue weighted by Gasteiger charge is -2.27. The van der Waals surface area contributed by atoms with Gasteiger partial charge in [-0.3, -0.25) is 4.79 Å². The fourth-order valence-electron chi connectivity index (χ4n) is 2.58. The summed E-state index contributed by atoms with van der Waals surface area (Å²) in [6.45, 7) is 0.692. The molecule has 3 nitrogen and oxygen atoms in total. The zero-order valence-corrected chi connectivity index (χ0v) is 13.3. The largest absolute Gasteiger partial charge is 0.394 e. The topological polar surface area (TPSA) is 40.5 Å². The first-order chi connectivity index (χ1) is 10.1. The molecule has 1 aliphatic heterocycles. The summed E-state index contributed by atoms with van der Waals surface area (Å²) in [5.74, 6) is -0.105. The Kier molecular flexibility index (Phi) is 6.09. The Hall–Kier alpha value is -1.03. The number of benzene rings is 1. The van der Waals surface area contributed by atoms with Gasteiger partial charge in [-0.25, -0.2) is 0 Å². The van der Waals surface area contributed by atoms with Gasteiger partial charge < -0.3 is 10.0 Å². The second-order valence-electron chi connectivity index (χ2n) is 5.19. The summed E-state index contributed by atoms with van der Waals surface area (Å²) in [5.41, 5.74) is 0.643. The molecule has 2 rings (SSSR count). The van der Waals surface area contributed by atoms with E-state index in [1.54, 1.807) is 29.2 Å². The van der Waals surface area contributed by atoms with E-state index in [1.165, 1.54) is 6.08 Å². The van der Waals surface area contributed by atoms with Crippen LogP contribution >= 0.6 is 23.2 Å². The minimum absolute atomic E-state index is 0.00638. The van der Waals surface area contributed by atoms with Crippen molar-refractivity contribution in [3.63, 3.8) is 0 Å². The number of carbonyl (C=O) groups is 1. The van der Waals surface area contributed by atoms with E-state index in [9.17, 15) is 9.90 Å². The fourth-order valence-corrected chi connectivity index (χ4v) is 3.10. The molecule has 0 aromatic heterocycles. The van der Waals surface area contributed by atoms with E-state index in [1.807, 2.05) is 0 Å². The number of hydrogen-bond acceptors (Lipinski definition) is 2. The van der Waals surface area contributed by atoms with E-state index >= 15 is 0 Å². The third kappa shape index (κ3) is 4.22. The highest BCUT2D eigenvalue weighted by molar-refractivity contribution is 6.37. The average Bonchev–Trinajstić information content (AvgIpc) is 2.71. The van der Waals surface area contributed by atoms with Gasteiger partial charge in [0, 0.05) is 28.2 Å². The van der Waals surface area contributed by atoms with E-state index in [0.29, 0.717) is 22.2 Å². The van der Waals surface area contributed by atoms with Crippen molar-refractivity contribution in [1.82, 2.24) is 4.90 Å². The van der Waals surface area contributed by atoms with Crippen LogP contribution in [0.5, 0.6) is 0 Å². The van der Waals surface area contributed by atoms with Crippen molar-refractivity contribution in [2.75, 3.05) is 13.2 Å². The van der Waals surface area contributed by atoms with E-state index in [0.717, 1.165) is 25.7 Å². The van der Waals surface area contributed by atoms with Crippen molar-refractivity contribution in [3.05, 3.63) is 39.9 Å². The van der Waals surface area contributed by atoms with Crippen LogP contribution in [0.25, 0.3) is 6.08 Å². The van der Waals surface area contributed by atoms with Crippen molar-refractivity contribution in [3.8, 4) is 0 Å². The number of nitrogens with zero attached hydrogens (tertiary/aromatic N) is 1. The molecule has 1 aromatic rings. The average molecular weight is 328 g/mol. The summed E-state index contributed by atoms with van der Waals surface area (Å²) in [7, 11) is 0. The van der Waals surface area contributed by atoms with Gasteiger partial charge in [0.25, 0.3) is 0 Å². The van der Waals surface area contributed by atoms with Crippen molar-refractivity contribution in [1.29, 1.82) is 0 Å². The molecule has 1 saturated heterocycles. The van der Waals surface area contributed by atoms with Gasteiger partial charge in [-0.15, -0.1) is 0 Å². The maximum absolute atomic E-state index is 12.4. The predicted molar refractivity (Wildman–Crippen MR) is 86.6 cm³/mol. The minimum atomic E-state index is -0.105. The zero-order valence-electron chi connectivity index (χ0n) is 11.8. The molecule has 1 N–H and O–H groups in total. The van der Waals surface area contributed by atoms with E-state index < -0.39 is 0 Å². The molecule has 0 radical (unpaired) electrons. The molecule has 21 heavy (non-hydrogen) atoms. The lowest BCUT2D eigenvalue weighted by atomic mass is 10.1. The summed E-state index contributed by atoms with van der Waals surface area (Å²) in [6.07, 6.45) is 7.11. The van der Waals surface area contributed by atoms with Crippen LogP contribution in [0.15, 0.2) is 24.3 Å². The molecule has 1 atom stereocenters. The highest BCUT2D eigenvalue weighted by Gasteiger charge is 2.23. The van der Waals surface area contributed by atoms with Crippen molar-refractivity contribution in [2.45, 2.75) is 31.7 Å². The van der Waals surface area contributed by atoms with Crippen LogP contribution in [0.1, 0.15) is 31.2 Å². The Labute approximate surface area is 135 Å². The van der Waals surface area contributed by atoms with E-state index in [2.05, 4.69) is 0 Å². The first-order valence-electron chi connectivity index (χ1n) is 7.17. The Balaban J connectivity index is 2.14. The third-order valence-corrected chi connectivity index (χ3v) is 4.42. The van der Waals surface area contributed by atoms with Gasteiger partial charge in [0.1, 0.15) is 0 Å². The number of amides is 1. The summed E-state index contributed by atoms with van der Waals surface area (Å²) in [5, 5.41) is 10.5. The highest BCUT2D eigenvalue weighted by Crippen LogP contribution is 2.26. The smallest absolute Gasteiger partial charge is 0.246 e. The second kappa shape index (κ2) is 7.83. The third-order valence-electron chi connectivity index (χ3n) is 3.76. The van der Waals surface area contributed by atoms with Gasteiger partial charge in [-0.1, -0.05) is 42.1 Å². The van der Waals surface area contributed by atoms with Crippen molar-refractivity contribution >= 4 is 35.2 Å². The number of rotatable bonds is 3. The number of carbonyl (C=O) groups excluding carboxylic acids is 1. The Morgan fingerprint density at radius 1 is 1.29 bits per heavy atom. The normalized spacial score (nSPS) is 19.8. The molecule has 0 bridgehead atoms. The van der Waals surface area contributed by atoms with Crippen LogP contribution in [0.3, 0.4) is 0 Å². The minimum Gasteiger partial charge on any atom is -0.394 e. The first kappa shape index (κ1) is 16.3. The van der Waals surface area contributed by atoms with Crippen LogP contribution in [0, 0.1) is 0 Å². The summed E-state index contributed by atoms with van der Waals surface area (Å²) in [4.78, 5) is 14.1. The molecule has 1 aliphatic rings. The number of aliphatic hydroxyl groups excluding tert-OH is 1. The quantitative estimate of drug-likeness (QED) is 0.858. The van der Waals surface area contributed by atoms with Crippen LogP contribution in [0.2, 0.25) is 10.0 Å². The van der Waals surface area contributed by atoms with Crippen LogP contribution < -0.4 is 0 Å². The molecule has 1 fully saturated rings. The monoisotopic (exact) mass is 327 g/mol. The van der Waals surface area contributed by atoms with Crippen molar-refractivity contribution in [2.24, 2.45) is 0 Å². The molecule has 5 heteroatoms. The van der Waals surface area contributed by atoms with Gasteiger partial charge in [0.15, 0.2) is 0 Å². The van der Waals surface area contributed by atoms with Gasteiger partial charge in [0.05, 0.1) is 12.6 Å². The van der Waals surface area contributed by atoms with Crippen LogP contribution in [-0.2, 0) is 4.79 Å². The lowest BCUT2D eigenvalue weighted by molar-refractivity contribution is -0.129. The SMILES string of the molecule is O=C(/C=C/c1c(Cl)cccc1Cl)N1CCCCCC1CO. The Bertz CT molecular complexity index is 511. The molecule has 0 spiro atoms. The maximum atomic E-state index is 12.4. The standard InChI is InChI=1S/C16H19Cl2NO2/c17-14-6-4-7-15(18)13(14)8-9-16(21)19-10-3-1-2-5-12(19)11-20/h4,6-9,12,20H,1-3,5,10-11H2/b9-8+. The summed E-state index contributed by atoms with van der Waals surface area (Å²) in [6, 6.07) is 5.15. The molecular formula is C16H19Cl2NO2. The van der Waals surface area contributed by atoms with E-state index in [4.69, 9.17) is 23.2 Å². The fraction of sp³-hybridized carbons (Fsp3) is 0.438.